The van der Waals surface area contributed by atoms with Crippen LogP contribution in [0.25, 0.3) is 0 Å². The lowest BCUT2D eigenvalue weighted by Gasteiger charge is -1.98. The summed E-state index contributed by atoms with van der Waals surface area (Å²) in [6, 6.07) is 0. The molecule has 3 heteroatoms. The van der Waals surface area contributed by atoms with Crippen LogP contribution in [-0.2, 0) is 3.79 Å². The summed E-state index contributed by atoms with van der Waals surface area (Å²) in [5, 5.41) is 8.36. The third-order valence-electron chi connectivity index (χ3n) is 0.863. The van der Waals surface area contributed by atoms with Crippen molar-refractivity contribution in [3.05, 3.63) is 0 Å². The highest BCUT2D eigenvalue weighted by Gasteiger charge is 1.81. The topological polar surface area (TPSA) is 29.5 Å². The van der Waals surface area contributed by atoms with E-state index in [1.54, 1.807) is 6.92 Å². The van der Waals surface area contributed by atoms with Crippen molar-refractivity contribution in [1.29, 1.82) is 0 Å². The molecule has 0 saturated heterocycles. The Bertz CT molecular complexity index is 47.6. The van der Waals surface area contributed by atoms with Gasteiger partial charge in [-0.1, -0.05) is 6.92 Å². The highest BCUT2D eigenvalue weighted by Crippen LogP contribution is 1.81. The second kappa shape index (κ2) is 9.45. The van der Waals surface area contributed by atoms with E-state index >= 15 is 0 Å². The molecule has 0 aromatic rings. The lowest BCUT2D eigenvalue weighted by Crippen LogP contribution is -1.95. The van der Waals surface area contributed by atoms with Crippen molar-refractivity contribution >= 4 is 16.6 Å². The van der Waals surface area contributed by atoms with Gasteiger partial charge in [0.2, 0.25) is 0 Å². The Morgan fingerprint density at radius 2 is 1.60 bits per heavy atom. The average molecular weight is 160 g/mol. The molecule has 60 valence electrons. The van der Waals surface area contributed by atoms with E-state index in [1.807, 2.05) is 20.8 Å². The van der Waals surface area contributed by atoms with Crippen molar-refractivity contribution in [2.24, 2.45) is 0 Å². The molecule has 0 heterocycles. The zero-order chi connectivity index (χ0) is 8.57. The normalized spacial score (nSPS) is 12.2. The maximum atomic E-state index is 8.36. The Morgan fingerprint density at radius 3 is 1.60 bits per heavy atom. The SMILES string of the molecule is CC(C)[O][Al].CCC(C)O. The van der Waals surface area contributed by atoms with Gasteiger partial charge in [0.1, 0.15) is 0 Å². The summed E-state index contributed by atoms with van der Waals surface area (Å²) in [6.07, 6.45) is 1.09. The van der Waals surface area contributed by atoms with Crippen LogP contribution in [-0.4, -0.2) is 33.9 Å². The number of aliphatic hydroxyl groups is 1. The van der Waals surface area contributed by atoms with Crippen molar-refractivity contribution in [3.63, 3.8) is 0 Å². The third-order valence-corrected chi connectivity index (χ3v) is 1.41. The first kappa shape index (κ1) is 13.1. The molecule has 0 saturated carbocycles. The first-order valence-electron chi connectivity index (χ1n) is 3.58. The number of rotatable bonds is 2. The van der Waals surface area contributed by atoms with Crippen LogP contribution in [0.3, 0.4) is 0 Å². The van der Waals surface area contributed by atoms with Crippen LogP contribution in [0, 0.1) is 0 Å². The van der Waals surface area contributed by atoms with E-state index in [2.05, 4.69) is 20.4 Å². The smallest absolute Gasteiger partial charge is 0.369 e. The largest absolute Gasteiger partial charge is 0.514 e. The Labute approximate surface area is 72.3 Å². The molecule has 0 spiro atoms. The highest BCUT2D eigenvalue weighted by atomic mass is 27.1. The molecule has 1 unspecified atom stereocenters. The van der Waals surface area contributed by atoms with Crippen LogP contribution in [0.4, 0.5) is 0 Å². The Morgan fingerprint density at radius 1 is 1.40 bits per heavy atom. The number of hydrogen-bond donors (Lipinski definition) is 1. The zero-order valence-corrected chi connectivity index (χ0v) is 8.45. The molecule has 2 nitrogen and oxygen atoms in total. The van der Waals surface area contributed by atoms with Crippen LogP contribution in [0.15, 0.2) is 0 Å². The second-order valence-corrected chi connectivity index (χ2v) is 2.71. The predicted octanol–water partition coefficient (Wildman–Crippen LogP) is 1.27. The van der Waals surface area contributed by atoms with Crippen molar-refractivity contribution in [2.75, 3.05) is 0 Å². The fraction of sp³-hybridized carbons (Fsp3) is 1.00. The van der Waals surface area contributed by atoms with Crippen molar-refractivity contribution < 1.29 is 8.90 Å². The molecule has 0 aliphatic rings. The standard InChI is InChI=1S/C4H10O.C3H7O.Al/c1-3-4(2)5;1-3(2)4;/h4-5H,3H2,1-2H3;3H,1-2H3;/q;-1;+1. The van der Waals surface area contributed by atoms with Gasteiger partial charge in [-0.05, 0) is 27.2 Å². The van der Waals surface area contributed by atoms with E-state index in [1.165, 1.54) is 0 Å². The van der Waals surface area contributed by atoms with E-state index in [0.717, 1.165) is 6.42 Å². The fourth-order valence-electron chi connectivity index (χ4n) is 0. The molecule has 10 heavy (non-hydrogen) atoms. The molecule has 0 aromatic carbocycles. The van der Waals surface area contributed by atoms with Crippen LogP contribution in [0.5, 0.6) is 0 Å². The van der Waals surface area contributed by atoms with E-state index in [0.29, 0.717) is 6.10 Å². The molecule has 2 radical (unpaired) electrons. The summed E-state index contributed by atoms with van der Waals surface area (Å²) in [5.74, 6) is 0. The molecular weight excluding hydrogens is 143 g/mol. The van der Waals surface area contributed by atoms with Gasteiger partial charge in [0.25, 0.3) is 0 Å². The van der Waals surface area contributed by atoms with E-state index in [9.17, 15) is 0 Å². The molecular formula is C7H17AlO2. The minimum atomic E-state index is -0.116. The van der Waals surface area contributed by atoms with Crippen LogP contribution < -0.4 is 0 Å². The van der Waals surface area contributed by atoms with E-state index in [-0.39, 0.29) is 6.10 Å². The van der Waals surface area contributed by atoms with Gasteiger partial charge < -0.3 is 8.90 Å². The molecule has 0 rings (SSSR count). The monoisotopic (exact) mass is 160 g/mol. The molecule has 1 atom stereocenters. The molecule has 0 bridgehead atoms. The van der Waals surface area contributed by atoms with Gasteiger partial charge in [0, 0.05) is 6.10 Å². The molecule has 0 aromatic heterocycles. The van der Waals surface area contributed by atoms with Gasteiger partial charge in [-0.2, -0.15) is 0 Å². The van der Waals surface area contributed by atoms with Crippen molar-refractivity contribution in [3.8, 4) is 0 Å². The molecule has 0 amide bonds. The number of aliphatic hydroxyl groups excluding tert-OH is 1. The van der Waals surface area contributed by atoms with Crippen LogP contribution in [0.1, 0.15) is 34.1 Å². The first-order chi connectivity index (χ1) is 4.54. The summed E-state index contributed by atoms with van der Waals surface area (Å²) >= 11 is 2.19. The minimum absolute atomic E-state index is 0.116. The highest BCUT2D eigenvalue weighted by molar-refractivity contribution is 5.98. The quantitative estimate of drug-likeness (QED) is 0.616. The molecule has 0 aliphatic carbocycles. The van der Waals surface area contributed by atoms with Gasteiger partial charge in [-0.15, -0.1) is 0 Å². The van der Waals surface area contributed by atoms with Crippen LogP contribution >= 0.6 is 0 Å². The maximum absolute atomic E-state index is 8.36. The zero-order valence-electron chi connectivity index (χ0n) is 7.29. The molecule has 1 N–H and O–H groups in total. The van der Waals surface area contributed by atoms with E-state index in [4.69, 9.17) is 5.11 Å². The lowest BCUT2D eigenvalue weighted by molar-refractivity contribution is 0.191. The Kier molecular flexibility index (Phi) is 12.4. The average Bonchev–Trinajstić information content (AvgIpc) is 1.89. The van der Waals surface area contributed by atoms with Crippen molar-refractivity contribution in [1.82, 2.24) is 0 Å². The summed E-state index contributed by atoms with van der Waals surface area (Å²) in [4.78, 5) is 0. The maximum Gasteiger partial charge on any atom is 0.369 e. The Hall–Kier alpha value is 0.452. The summed E-state index contributed by atoms with van der Waals surface area (Å²) in [7, 11) is 0. The van der Waals surface area contributed by atoms with Crippen molar-refractivity contribution in [2.45, 2.75) is 46.3 Å². The second-order valence-electron chi connectivity index (χ2n) is 2.44. The van der Waals surface area contributed by atoms with Crippen LogP contribution in [0.2, 0.25) is 0 Å². The van der Waals surface area contributed by atoms with E-state index < -0.39 is 0 Å². The van der Waals surface area contributed by atoms with Gasteiger partial charge in [-0.25, -0.2) is 0 Å². The summed E-state index contributed by atoms with van der Waals surface area (Å²) < 4.78 is 4.67. The fourth-order valence-corrected chi connectivity index (χ4v) is 0. The van der Waals surface area contributed by atoms with Gasteiger partial charge in [0.05, 0.1) is 6.10 Å². The minimum Gasteiger partial charge on any atom is -0.514 e. The molecule has 0 aliphatic heterocycles. The van der Waals surface area contributed by atoms with Gasteiger partial charge in [-0.3, -0.25) is 0 Å². The van der Waals surface area contributed by atoms with Gasteiger partial charge in [0.15, 0.2) is 0 Å². The summed E-state index contributed by atoms with van der Waals surface area (Å²) in [6.45, 7) is 7.69. The third kappa shape index (κ3) is 23.7. The lowest BCUT2D eigenvalue weighted by atomic mass is 10.3. The Balaban J connectivity index is 0. The summed E-state index contributed by atoms with van der Waals surface area (Å²) in [5.41, 5.74) is 0. The predicted molar refractivity (Wildman–Crippen MR) is 43.9 cm³/mol. The molecule has 0 fully saturated rings. The van der Waals surface area contributed by atoms with Gasteiger partial charge >= 0.3 is 16.6 Å². The number of hydrogen-bond acceptors (Lipinski definition) is 2. The first-order valence-corrected chi connectivity index (χ1v) is 4.05.